The van der Waals surface area contributed by atoms with E-state index in [1.807, 2.05) is 43.3 Å². The molecule has 118 valence electrons. The molecule has 0 radical (unpaired) electrons. The van der Waals surface area contributed by atoms with E-state index in [1.165, 1.54) is 5.56 Å². The average molecular weight is 309 g/mol. The number of ether oxygens (including phenoxy) is 1. The van der Waals surface area contributed by atoms with Gasteiger partial charge in [0.2, 0.25) is 0 Å². The molecule has 2 aromatic rings. The Morgan fingerprint density at radius 1 is 1.17 bits per heavy atom. The Kier molecular flexibility index (Phi) is 3.90. The zero-order chi connectivity index (χ0) is 16.4. The molecule has 0 saturated heterocycles. The molecule has 1 N–H and O–H groups in total. The number of carbonyl (C=O) groups is 2. The minimum atomic E-state index is -1.17. The van der Waals surface area contributed by atoms with E-state index >= 15 is 0 Å². The Morgan fingerprint density at radius 2 is 1.87 bits per heavy atom. The summed E-state index contributed by atoms with van der Waals surface area (Å²) in [4.78, 5) is 24.6. The summed E-state index contributed by atoms with van der Waals surface area (Å²) >= 11 is 0. The van der Waals surface area contributed by atoms with Crippen molar-refractivity contribution < 1.29 is 14.3 Å². The van der Waals surface area contributed by atoms with E-state index in [0.29, 0.717) is 18.5 Å². The maximum Gasteiger partial charge on any atom is 0.339 e. The normalized spacial score (nSPS) is 19.7. The van der Waals surface area contributed by atoms with Crippen molar-refractivity contribution in [2.24, 2.45) is 0 Å². The van der Waals surface area contributed by atoms with Gasteiger partial charge in [0.25, 0.3) is 5.91 Å². The molecule has 1 unspecified atom stereocenters. The zero-order valence-electron chi connectivity index (χ0n) is 13.3. The first-order valence-electron chi connectivity index (χ1n) is 7.63. The maximum atomic E-state index is 12.5. The van der Waals surface area contributed by atoms with Gasteiger partial charge in [-0.2, -0.15) is 0 Å². The lowest BCUT2D eigenvalue weighted by molar-refractivity contribution is -0.139. The van der Waals surface area contributed by atoms with Crippen molar-refractivity contribution in [3.63, 3.8) is 0 Å². The van der Waals surface area contributed by atoms with E-state index in [-0.39, 0.29) is 5.91 Å². The van der Waals surface area contributed by atoms with Gasteiger partial charge in [-0.3, -0.25) is 4.79 Å². The lowest BCUT2D eigenvalue weighted by Crippen LogP contribution is -2.51. The van der Waals surface area contributed by atoms with Gasteiger partial charge in [0.1, 0.15) is 0 Å². The SMILES string of the molecule is Cc1ccc(CNC(=O)C2(C)Cc3ccccc3C(=O)O2)cc1. The van der Waals surface area contributed by atoms with Gasteiger partial charge in [-0.05, 0) is 31.0 Å². The fourth-order valence-electron chi connectivity index (χ4n) is 2.73. The number of amides is 1. The molecule has 1 amide bonds. The summed E-state index contributed by atoms with van der Waals surface area (Å²) in [5, 5.41) is 2.86. The smallest absolute Gasteiger partial charge is 0.339 e. The highest BCUT2D eigenvalue weighted by Gasteiger charge is 2.42. The fraction of sp³-hybridized carbons (Fsp3) is 0.263. The van der Waals surface area contributed by atoms with E-state index in [0.717, 1.165) is 11.1 Å². The number of benzene rings is 2. The van der Waals surface area contributed by atoms with E-state index in [9.17, 15) is 9.59 Å². The molecule has 1 aliphatic heterocycles. The molecule has 1 atom stereocenters. The molecule has 0 spiro atoms. The molecule has 4 nitrogen and oxygen atoms in total. The Morgan fingerprint density at radius 3 is 2.61 bits per heavy atom. The first-order valence-corrected chi connectivity index (χ1v) is 7.63. The summed E-state index contributed by atoms with van der Waals surface area (Å²) in [5.41, 5.74) is 2.39. The van der Waals surface area contributed by atoms with Crippen molar-refractivity contribution in [1.82, 2.24) is 5.32 Å². The predicted octanol–water partition coefficient (Wildman–Crippen LogP) is 2.78. The van der Waals surface area contributed by atoms with E-state index in [1.54, 1.807) is 19.1 Å². The average Bonchev–Trinajstić information content (AvgIpc) is 2.54. The molecule has 2 aromatic carbocycles. The quantitative estimate of drug-likeness (QED) is 0.887. The summed E-state index contributed by atoms with van der Waals surface area (Å²) in [6.07, 6.45) is 0.384. The molecule has 0 aliphatic carbocycles. The molecule has 0 bridgehead atoms. The van der Waals surface area contributed by atoms with Gasteiger partial charge < -0.3 is 10.1 Å². The minimum Gasteiger partial charge on any atom is -0.445 e. The second kappa shape index (κ2) is 5.88. The van der Waals surface area contributed by atoms with Crippen LogP contribution in [0.1, 0.15) is 34.0 Å². The number of rotatable bonds is 3. The molecular weight excluding hydrogens is 290 g/mol. The highest BCUT2D eigenvalue weighted by atomic mass is 16.6. The van der Waals surface area contributed by atoms with Crippen LogP contribution in [-0.2, 0) is 22.5 Å². The third-order valence-electron chi connectivity index (χ3n) is 4.14. The van der Waals surface area contributed by atoms with Crippen LogP contribution in [0.3, 0.4) is 0 Å². The second-order valence-corrected chi connectivity index (χ2v) is 6.12. The molecule has 0 saturated carbocycles. The van der Waals surface area contributed by atoms with Gasteiger partial charge in [0, 0.05) is 13.0 Å². The number of aryl methyl sites for hydroxylation is 1. The molecule has 1 heterocycles. The van der Waals surface area contributed by atoms with Crippen molar-refractivity contribution >= 4 is 11.9 Å². The highest BCUT2D eigenvalue weighted by molar-refractivity contribution is 5.97. The fourth-order valence-corrected chi connectivity index (χ4v) is 2.73. The van der Waals surface area contributed by atoms with Crippen molar-refractivity contribution in [3.05, 3.63) is 70.8 Å². The van der Waals surface area contributed by atoms with Crippen LogP contribution in [0.25, 0.3) is 0 Å². The first-order chi connectivity index (χ1) is 11.0. The van der Waals surface area contributed by atoms with Crippen molar-refractivity contribution in [2.75, 3.05) is 0 Å². The topological polar surface area (TPSA) is 55.4 Å². The summed E-state index contributed by atoms with van der Waals surface area (Å²) < 4.78 is 5.42. The number of carbonyl (C=O) groups excluding carboxylic acids is 2. The van der Waals surface area contributed by atoms with Gasteiger partial charge in [-0.15, -0.1) is 0 Å². The molecule has 4 heteroatoms. The van der Waals surface area contributed by atoms with Crippen LogP contribution < -0.4 is 5.32 Å². The Hall–Kier alpha value is -2.62. The minimum absolute atomic E-state index is 0.277. The third kappa shape index (κ3) is 3.11. The molecule has 3 rings (SSSR count). The van der Waals surface area contributed by atoms with Crippen LogP contribution in [0.2, 0.25) is 0 Å². The number of hydrogen-bond acceptors (Lipinski definition) is 3. The Labute approximate surface area is 135 Å². The van der Waals surface area contributed by atoms with Gasteiger partial charge in [-0.1, -0.05) is 48.0 Å². The molecular formula is C19H19NO3. The van der Waals surface area contributed by atoms with E-state index in [4.69, 9.17) is 4.74 Å². The highest BCUT2D eigenvalue weighted by Crippen LogP contribution is 2.28. The van der Waals surface area contributed by atoms with Gasteiger partial charge in [0.05, 0.1) is 5.56 Å². The van der Waals surface area contributed by atoms with Crippen molar-refractivity contribution in [1.29, 1.82) is 0 Å². The molecule has 0 fully saturated rings. The molecule has 0 aromatic heterocycles. The summed E-state index contributed by atoms with van der Waals surface area (Å²) in [5.74, 6) is -0.722. The number of fused-ring (bicyclic) bond motifs is 1. The van der Waals surface area contributed by atoms with Crippen LogP contribution in [0, 0.1) is 6.92 Å². The van der Waals surface area contributed by atoms with Crippen LogP contribution in [0.5, 0.6) is 0 Å². The monoisotopic (exact) mass is 309 g/mol. The molecule has 1 aliphatic rings. The van der Waals surface area contributed by atoms with Crippen molar-refractivity contribution in [3.8, 4) is 0 Å². The van der Waals surface area contributed by atoms with Crippen LogP contribution in [-0.4, -0.2) is 17.5 Å². The number of cyclic esters (lactones) is 1. The number of esters is 1. The van der Waals surface area contributed by atoms with Crippen LogP contribution in [0.15, 0.2) is 48.5 Å². The number of hydrogen-bond donors (Lipinski definition) is 1. The summed E-state index contributed by atoms with van der Waals surface area (Å²) in [6, 6.07) is 15.2. The Bertz CT molecular complexity index is 751. The maximum absolute atomic E-state index is 12.5. The predicted molar refractivity (Wildman–Crippen MR) is 87.0 cm³/mol. The van der Waals surface area contributed by atoms with Crippen LogP contribution >= 0.6 is 0 Å². The van der Waals surface area contributed by atoms with Gasteiger partial charge >= 0.3 is 5.97 Å². The van der Waals surface area contributed by atoms with Gasteiger partial charge in [-0.25, -0.2) is 4.79 Å². The molecule has 23 heavy (non-hydrogen) atoms. The van der Waals surface area contributed by atoms with Gasteiger partial charge in [0.15, 0.2) is 5.60 Å². The van der Waals surface area contributed by atoms with E-state index in [2.05, 4.69) is 5.32 Å². The largest absolute Gasteiger partial charge is 0.445 e. The van der Waals surface area contributed by atoms with Crippen LogP contribution in [0.4, 0.5) is 0 Å². The second-order valence-electron chi connectivity index (χ2n) is 6.12. The lowest BCUT2D eigenvalue weighted by atomic mass is 9.89. The zero-order valence-corrected chi connectivity index (χ0v) is 13.3. The Balaban J connectivity index is 1.72. The van der Waals surface area contributed by atoms with Crippen molar-refractivity contribution in [2.45, 2.75) is 32.4 Å². The number of nitrogens with one attached hydrogen (secondary N) is 1. The standard InChI is InChI=1S/C19H19NO3/c1-13-7-9-14(10-8-13)12-20-18(22)19(2)11-15-5-3-4-6-16(15)17(21)23-19/h3-10H,11-12H2,1-2H3,(H,20,22). The van der Waals surface area contributed by atoms with E-state index < -0.39 is 11.6 Å². The summed E-state index contributed by atoms with van der Waals surface area (Å²) in [6.45, 7) is 4.08. The third-order valence-corrected chi connectivity index (χ3v) is 4.14. The lowest BCUT2D eigenvalue weighted by Gasteiger charge is -2.33. The summed E-state index contributed by atoms with van der Waals surface area (Å²) in [7, 11) is 0. The first kappa shape index (κ1) is 15.3.